The van der Waals surface area contributed by atoms with Crippen molar-refractivity contribution < 1.29 is 14.0 Å². The predicted octanol–water partition coefficient (Wildman–Crippen LogP) is 3.42. The second kappa shape index (κ2) is 4.37. The summed E-state index contributed by atoms with van der Waals surface area (Å²) in [6.07, 6.45) is 8.11. The van der Waals surface area contributed by atoms with Gasteiger partial charge in [0.15, 0.2) is 5.78 Å². The van der Waals surface area contributed by atoms with Gasteiger partial charge in [-0.15, -0.1) is 0 Å². The van der Waals surface area contributed by atoms with Crippen LogP contribution in [0.2, 0.25) is 0 Å². The molecule has 0 bridgehead atoms. The van der Waals surface area contributed by atoms with Crippen molar-refractivity contribution in [2.75, 3.05) is 0 Å². The van der Waals surface area contributed by atoms with Gasteiger partial charge in [0.2, 0.25) is 0 Å². The van der Waals surface area contributed by atoms with E-state index in [0.29, 0.717) is 19.3 Å². The minimum Gasteiger partial charge on any atom is -0.299 e. The van der Waals surface area contributed by atoms with Crippen molar-refractivity contribution in [1.82, 2.24) is 0 Å². The minimum absolute atomic E-state index is 0.0293. The fraction of sp³-hybridized carbons (Fsp3) is 0.667. The molecule has 0 aliphatic heterocycles. The van der Waals surface area contributed by atoms with Crippen LogP contribution in [-0.4, -0.2) is 17.7 Å². The van der Waals surface area contributed by atoms with E-state index >= 15 is 0 Å². The van der Waals surface area contributed by atoms with E-state index in [2.05, 4.69) is 6.08 Å². The van der Waals surface area contributed by atoms with Crippen molar-refractivity contribution >= 4 is 11.6 Å². The third kappa shape index (κ3) is 1.75. The maximum Gasteiger partial charge on any atom is 0.155 e. The van der Waals surface area contributed by atoms with Crippen molar-refractivity contribution in [1.29, 1.82) is 0 Å². The Bertz CT molecular complexity index is 576. The number of Topliss-reactive ketones (excluding diaryl/α,β-unsaturated/α-hetero) is 1. The lowest BCUT2D eigenvalue weighted by Crippen LogP contribution is -2.50. The largest absolute Gasteiger partial charge is 0.299 e. The second-order valence-corrected chi connectivity index (χ2v) is 7.48. The lowest BCUT2D eigenvalue weighted by Gasteiger charge is -2.51. The molecule has 4 rings (SSSR count). The number of alkyl halides is 1. The van der Waals surface area contributed by atoms with E-state index in [0.717, 1.165) is 18.4 Å². The summed E-state index contributed by atoms with van der Waals surface area (Å²) < 4.78 is 14.9. The Labute approximate surface area is 124 Å². The van der Waals surface area contributed by atoms with E-state index in [1.165, 1.54) is 0 Å². The first-order chi connectivity index (χ1) is 10.0. The van der Waals surface area contributed by atoms with Gasteiger partial charge in [-0.25, -0.2) is 4.39 Å². The Morgan fingerprint density at radius 3 is 2.86 bits per heavy atom. The van der Waals surface area contributed by atoms with E-state index in [1.807, 2.05) is 13.0 Å². The molecule has 3 heteroatoms. The lowest BCUT2D eigenvalue weighted by molar-refractivity contribution is -0.132. The van der Waals surface area contributed by atoms with Crippen LogP contribution >= 0.6 is 0 Å². The number of carbonyl (C=O) groups excluding carboxylic acids is 2. The Morgan fingerprint density at radius 1 is 1.24 bits per heavy atom. The first kappa shape index (κ1) is 13.4. The average molecular weight is 288 g/mol. The van der Waals surface area contributed by atoms with Crippen LogP contribution in [0.5, 0.6) is 0 Å². The predicted molar refractivity (Wildman–Crippen MR) is 77.3 cm³/mol. The van der Waals surface area contributed by atoms with Crippen molar-refractivity contribution in [2.45, 2.75) is 45.2 Å². The summed E-state index contributed by atoms with van der Waals surface area (Å²) in [4.78, 5) is 23.8. The highest BCUT2D eigenvalue weighted by molar-refractivity contribution is 5.92. The van der Waals surface area contributed by atoms with Crippen molar-refractivity contribution in [2.24, 2.45) is 29.1 Å². The molecule has 112 valence electrons. The van der Waals surface area contributed by atoms with Gasteiger partial charge in [0, 0.05) is 24.2 Å². The summed E-state index contributed by atoms with van der Waals surface area (Å²) in [5, 5.41) is 0. The number of carbonyl (C=O) groups is 2. The molecule has 0 saturated heterocycles. The monoisotopic (exact) mass is 288 g/mol. The zero-order valence-corrected chi connectivity index (χ0v) is 12.3. The molecule has 0 aromatic rings. The zero-order chi connectivity index (χ0) is 14.8. The van der Waals surface area contributed by atoms with Gasteiger partial charge < -0.3 is 0 Å². The maximum atomic E-state index is 14.9. The number of fused-ring (bicyclic) bond motifs is 5. The van der Waals surface area contributed by atoms with E-state index in [1.54, 1.807) is 6.08 Å². The highest BCUT2D eigenvalue weighted by atomic mass is 19.1. The molecule has 0 heterocycles. The van der Waals surface area contributed by atoms with Gasteiger partial charge in [0.05, 0.1) is 0 Å². The fourth-order valence-electron chi connectivity index (χ4n) is 5.45. The van der Waals surface area contributed by atoms with Crippen LogP contribution in [0.15, 0.2) is 23.8 Å². The smallest absolute Gasteiger partial charge is 0.155 e. The zero-order valence-electron chi connectivity index (χ0n) is 12.3. The topological polar surface area (TPSA) is 34.1 Å². The van der Waals surface area contributed by atoms with E-state index in [9.17, 15) is 14.0 Å². The highest BCUT2D eigenvalue weighted by Crippen LogP contribution is 2.59. The molecule has 4 aliphatic rings. The van der Waals surface area contributed by atoms with Crippen LogP contribution < -0.4 is 0 Å². The first-order valence-electron chi connectivity index (χ1n) is 8.11. The molecule has 0 aromatic heterocycles. The van der Waals surface area contributed by atoms with Crippen molar-refractivity contribution in [3.8, 4) is 0 Å². The van der Waals surface area contributed by atoms with Crippen LogP contribution in [0.3, 0.4) is 0 Å². The van der Waals surface area contributed by atoms with Crippen molar-refractivity contribution in [3.05, 3.63) is 23.8 Å². The third-order valence-electron chi connectivity index (χ3n) is 6.52. The molecule has 0 radical (unpaired) electrons. The molecule has 21 heavy (non-hydrogen) atoms. The Balaban J connectivity index is 1.76. The second-order valence-electron chi connectivity index (χ2n) is 7.48. The number of allylic oxidation sites excluding steroid dienone is 4. The molecule has 0 amide bonds. The number of hydrogen-bond donors (Lipinski definition) is 0. The van der Waals surface area contributed by atoms with Gasteiger partial charge in [-0.1, -0.05) is 19.1 Å². The number of ketones is 2. The Morgan fingerprint density at radius 2 is 2.05 bits per heavy atom. The molecule has 2 nitrogen and oxygen atoms in total. The summed E-state index contributed by atoms with van der Waals surface area (Å²) in [6, 6.07) is 0. The van der Waals surface area contributed by atoms with Gasteiger partial charge >= 0.3 is 0 Å². The molecule has 0 spiro atoms. The minimum atomic E-state index is -0.926. The number of hydrogen-bond acceptors (Lipinski definition) is 2. The fourth-order valence-corrected chi connectivity index (χ4v) is 5.45. The van der Waals surface area contributed by atoms with Crippen LogP contribution in [0.25, 0.3) is 0 Å². The molecule has 0 aromatic carbocycles. The molecule has 2 fully saturated rings. The third-order valence-corrected chi connectivity index (χ3v) is 6.52. The van der Waals surface area contributed by atoms with Crippen LogP contribution in [0.1, 0.15) is 39.0 Å². The number of halogens is 1. The lowest BCUT2D eigenvalue weighted by atomic mass is 9.53. The van der Waals surface area contributed by atoms with E-state index in [4.69, 9.17) is 0 Å². The molecule has 2 saturated carbocycles. The quantitative estimate of drug-likeness (QED) is 0.684. The normalized spacial score (nSPS) is 48.5. The Kier molecular flexibility index (Phi) is 2.79. The molecule has 6 atom stereocenters. The maximum absolute atomic E-state index is 14.9. The standard InChI is InChI=1S/C18H21FO2/c1-18-9-15(19)17-12-5-3-11(20)8-10(12)2-4-13(17)14(18)6-7-16(18)21/h2,4,8,12-15,17H,3,5-7,9H2,1H3. The summed E-state index contributed by atoms with van der Waals surface area (Å²) in [7, 11) is 0. The van der Waals surface area contributed by atoms with Crippen LogP contribution in [0, 0.1) is 29.1 Å². The molecule has 4 aliphatic carbocycles. The van der Waals surface area contributed by atoms with Crippen LogP contribution in [0.4, 0.5) is 4.39 Å². The molecule has 6 unspecified atom stereocenters. The van der Waals surface area contributed by atoms with Gasteiger partial charge in [0.25, 0.3) is 0 Å². The summed E-state index contributed by atoms with van der Waals surface area (Å²) in [6.45, 7) is 1.97. The van der Waals surface area contributed by atoms with Gasteiger partial charge in [-0.2, -0.15) is 0 Å². The van der Waals surface area contributed by atoms with Crippen molar-refractivity contribution in [3.63, 3.8) is 0 Å². The van der Waals surface area contributed by atoms with Gasteiger partial charge in [-0.05, 0) is 48.7 Å². The molecule has 0 N–H and O–H groups in total. The first-order valence-corrected chi connectivity index (χ1v) is 8.11. The summed E-state index contributed by atoms with van der Waals surface area (Å²) in [5.41, 5.74) is 0.555. The number of rotatable bonds is 0. The SMILES string of the molecule is CC12CC(F)C3C4CCC(=O)C=C4C=CC3C1CCC2=O. The summed E-state index contributed by atoms with van der Waals surface area (Å²) in [5.74, 6) is 1.02. The van der Waals surface area contributed by atoms with Gasteiger partial charge in [-0.3, -0.25) is 9.59 Å². The average Bonchev–Trinajstić information content (AvgIpc) is 2.74. The van der Waals surface area contributed by atoms with Gasteiger partial charge in [0.1, 0.15) is 12.0 Å². The Hall–Kier alpha value is -1.25. The van der Waals surface area contributed by atoms with E-state index in [-0.39, 0.29) is 35.2 Å². The molecular formula is C18H21FO2. The van der Waals surface area contributed by atoms with E-state index < -0.39 is 11.6 Å². The summed E-state index contributed by atoms with van der Waals surface area (Å²) >= 11 is 0. The van der Waals surface area contributed by atoms with Crippen LogP contribution in [-0.2, 0) is 9.59 Å². The highest BCUT2D eigenvalue weighted by Gasteiger charge is 2.58. The molecular weight excluding hydrogens is 267 g/mol.